The standard InChI is InChI=1S/C17H31NO2S/c1-15(2)4-6-16(12-18,7-5-15)20-14-3-9-19-17(11-14)8-10-21-13-17/h14H,3-13,18H2,1-2H3. The summed E-state index contributed by atoms with van der Waals surface area (Å²) in [6.07, 6.45) is 8.36. The van der Waals surface area contributed by atoms with Gasteiger partial charge in [0.25, 0.3) is 0 Å². The maximum absolute atomic E-state index is 6.63. The zero-order valence-corrected chi connectivity index (χ0v) is 14.5. The zero-order valence-electron chi connectivity index (χ0n) is 13.7. The fourth-order valence-electron chi connectivity index (χ4n) is 4.05. The van der Waals surface area contributed by atoms with Crippen LogP contribution in [0.1, 0.15) is 58.8 Å². The van der Waals surface area contributed by atoms with Crippen LogP contribution in [0.5, 0.6) is 0 Å². The molecule has 0 aromatic heterocycles. The van der Waals surface area contributed by atoms with Crippen molar-refractivity contribution in [1.29, 1.82) is 0 Å². The molecule has 122 valence electrons. The maximum Gasteiger partial charge on any atom is 0.0808 e. The molecule has 1 spiro atoms. The second kappa shape index (κ2) is 6.03. The van der Waals surface area contributed by atoms with Crippen molar-refractivity contribution in [2.75, 3.05) is 24.7 Å². The highest BCUT2D eigenvalue weighted by Gasteiger charge is 2.45. The van der Waals surface area contributed by atoms with Crippen molar-refractivity contribution in [1.82, 2.24) is 0 Å². The molecule has 0 bridgehead atoms. The summed E-state index contributed by atoms with van der Waals surface area (Å²) in [6, 6.07) is 0. The van der Waals surface area contributed by atoms with Crippen LogP contribution >= 0.6 is 11.8 Å². The van der Waals surface area contributed by atoms with Gasteiger partial charge in [0.15, 0.2) is 0 Å². The Balaban J connectivity index is 1.61. The number of hydrogen-bond acceptors (Lipinski definition) is 4. The average molecular weight is 314 g/mol. The van der Waals surface area contributed by atoms with Gasteiger partial charge < -0.3 is 15.2 Å². The summed E-state index contributed by atoms with van der Waals surface area (Å²) < 4.78 is 12.7. The lowest BCUT2D eigenvalue weighted by atomic mass is 9.70. The molecule has 2 heterocycles. The van der Waals surface area contributed by atoms with Crippen LogP contribution in [0.15, 0.2) is 0 Å². The first-order valence-electron chi connectivity index (χ1n) is 8.56. The van der Waals surface area contributed by atoms with E-state index < -0.39 is 0 Å². The number of thioether (sulfide) groups is 1. The third kappa shape index (κ3) is 3.60. The van der Waals surface area contributed by atoms with Crippen LogP contribution in [0, 0.1) is 5.41 Å². The van der Waals surface area contributed by atoms with Gasteiger partial charge >= 0.3 is 0 Å². The molecule has 3 nitrogen and oxygen atoms in total. The van der Waals surface area contributed by atoms with Gasteiger partial charge in [-0.05, 0) is 49.7 Å². The van der Waals surface area contributed by atoms with Crippen LogP contribution in [0.3, 0.4) is 0 Å². The quantitative estimate of drug-likeness (QED) is 0.868. The van der Waals surface area contributed by atoms with Crippen molar-refractivity contribution in [2.45, 2.75) is 76.1 Å². The van der Waals surface area contributed by atoms with E-state index in [1.165, 1.54) is 25.0 Å². The van der Waals surface area contributed by atoms with Crippen molar-refractivity contribution in [3.63, 3.8) is 0 Å². The minimum Gasteiger partial charge on any atom is -0.374 e. The lowest BCUT2D eigenvalue weighted by molar-refractivity contribution is -0.178. The molecule has 4 heteroatoms. The van der Waals surface area contributed by atoms with Crippen LogP contribution in [-0.2, 0) is 9.47 Å². The van der Waals surface area contributed by atoms with E-state index in [4.69, 9.17) is 15.2 Å². The Morgan fingerprint density at radius 1 is 1.19 bits per heavy atom. The SMILES string of the molecule is CC1(C)CCC(CN)(OC2CCOC3(CCSC3)C2)CC1. The first kappa shape index (κ1) is 16.1. The molecule has 0 amide bonds. The number of ether oxygens (including phenoxy) is 2. The molecule has 2 atom stereocenters. The van der Waals surface area contributed by atoms with Gasteiger partial charge in [0.05, 0.1) is 17.3 Å². The summed E-state index contributed by atoms with van der Waals surface area (Å²) in [5, 5.41) is 0. The van der Waals surface area contributed by atoms with Crippen LogP contribution in [0.25, 0.3) is 0 Å². The Morgan fingerprint density at radius 3 is 2.57 bits per heavy atom. The molecule has 2 unspecified atom stereocenters. The third-order valence-corrected chi connectivity index (χ3v) is 7.04. The predicted molar refractivity (Wildman–Crippen MR) is 88.8 cm³/mol. The van der Waals surface area contributed by atoms with E-state index in [9.17, 15) is 0 Å². The number of nitrogens with two attached hydrogens (primary N) is 1. The Bertz CT molecular complexity index is 356. The van der Waals surface area contributed by atoms with Gasteiger partial charge in [0, 0.05) is 25.3 Å². The summed E-state index contributed by atoms with van der Waals surface area (Å²) >= 11 is 2.03. The fourth-order valence-corrected chi connectivity index (χ4v) is 5.43. The minimum atomic E-state index is -0.0650. The van der Waals surface area contributed by atoms with Gasteiger partial charge in [-0.1, -0.05) is 13.8 Å². The predicted octanol–water partition coefficient (Wildman–Crippen LogP) is 3.36. The van der Waals surface area contributed by atoms with Crippen LogP contribution in [-0.4, -0.2) is 42.0 Å². The average Bonchev–Trinajstić information content (AvgIpc) is 2.90. The highest BCUT2D eigenvalue weighted by atomic mass is 32.2. The van der Waals surface area contributed by atoms with Crippen LogP contribution < -0.4 is 5.73 Å². The van der Waals surface area contributed by atoms with Gasteiger partial charge in [0.2, 0.25) is 0 Å². The van der Waals surface area contributed by atoms with E-state index in [0.717, 1.165) is 38.0 Å². The molecule has 0 aromatic rings. The fraction of sp³-hybridized carbons (Fsp3) is 1.00. The van der Waals surface area contributed by atoms with Crippen LogP contribution in [0.2, 0.25) is 0 Å². The molecule has 2 aliphatic heterocycles. The van der Waals surface area contributed by atoms with Gasteiger partial charge in [-0.15, -0.1) is 0 Å². The topological polar surface area (TPSA) is 44.5 Å². The Kier molecular flexibility index (Phi) is 4.62. The molecule has 0 radical (unpaired) electrons. The monoisotopic (exact) mass is 313 g/mol. The molecule has 0 aromatic carbocycles. The molecule has 21 heavy (non-hydrogen) atoms. The molecular formula is C17H31NO2S. The van der Waals surface area contributed by atoms with E-state index in [1.807, 2.05) is 11.8 Å². The van der Waals surface area contributed by atoms with Crippen LogP contribution in [0.4, 0.5) is 0 Å². The first-order chi connectivity index (χ1) is 9.97. The zero-order chi connectivity index (χ0) is 15.0. The van der Waals surface area contributed by atoms with E-state index in [2.05, 4.69) is 13.8 Å². The lowest BCUT2D eigenvalue weighted by Crippen LogP contribution is -2.51. The highest BCUT2D eigenvalue weighted by Crippen LogP contribution is 2.45. The summed E-state index contributed by atoms with van der Waals surface area (Å²) in [4.78, 5) is 0. The van der Waals surface area contributed by atoms with E-state index in [-0.39, 0.29) is 11.2 Å². The molecule has 3 rings (SSSR count). The molecule has 2 N–H and O–H groups in total. The van der Waals surface area contributed by atoms with Crippen molar-refractivity contribution in [2.24, 2.45) is 11.1 Å². The normalized spacial score (nSPS) is 38.7. The lowest BCUT2D eigenvalue weighted by Gasteiger charge is -2.47. The molecule has 2 saturated heterocycles. The maximum atomic E-state index is 6.63. The second-order valence-corrected chi connectivity index (χ2v) is 9.22. The first-order valence-corrected chi connectivity index (χ1v) is 9.72. The molecule has 1 aliphatic carbocycles. The largest absolute Gasteiger partial charge is 0.374 e. The van der Waals surface area contributed by atoms with E-state index in [0.29, 0.717) is 18.1 Å². The molecule has 1 saturated carbocycles. The van der Waals surface area contributed by atoms with Crippen molar-refractivity contribution >= 4 is 11.8 Å². The van der Waals surface area contributed by atoms with Gasteiger partial charge in [-0.3, -0.25) is 0 Å². The molecule has 3 fully saturated rings. The van der Waals surface area contributed by atoms with Gasteiger partial charge in [0.1, 0.15) is 0 Å². The molecule has 3 aliphatic rings. The smallest absolute Gasteiger partial charge is 0.0808 e. The summed E-state index contributed by atoms with van der Waals surface area (Å²) in [7, 11) is 0. The van der Waals surface area contributed by atoms with Gasteiger partial charge in [-0.25, -0.2) is 0 Å². The Morgan fingerprint density at radius 2 is 1.95 bits per heavy atom. The van der Waals surface area contributed by atoms with Crippen molar-refractivity contribution in [3.05, 3.63) is 0 Å². The Labute approximate surface area is 133 Å². The third-order valence-electron chi connectivity index (χ3n) is 5.82. The summed E-state index contributed by atoms with van der Waals surface area (Å²) in [5.41, 5.74) is 6.63. The van der Waals surface area contributed by atoms with Crippen molar-refractivity contribution < 1.29 is 9.47 Å². The minimum absolute atomic E-state index is 0.0650. The summed E-state index contributed by atoms with van der Waals surface area (Å²) in [6.45, 7) is 6.26. The van der Waals surface area contributed by atoms with Crippen molar-refractivity contribution in [3.8, 4) is 0 Å². The Hall–Kier alpha value is 0.230. The van der Waals surface area contributed by atoms with E-state index in [1.54, 1.807) is 0 Å². The number of rotatable bonds is 3. The highest BCUT2D eigenvalue weighted by molar-refractivity contribution is 7.99. The number of hydrogen-bond donors (Lipinski definition) is 1. The second-order valence-electron chi connectivity index (χ2n) is 8.12. The van der Waals surface area contributed by atoms with E-state index >= 15 is 0 Å². The summed E-state index contributed by atoms with van der Waals surface area (Å²) in [5.74, 6) is 2.39. The molecular weight excluding hydrogens is 282 g/mol. The van der Waals surface area contributed by atoms with Gasteiger partial charge in [-0.2, -0.15) is 11.8 Å².